The molecule has 0 radical (unpaired) electrons. The third kappa shape index (κ3) is 2.19. The zero-order chi connectivity index (χ0) is 12.6. The van der Waals surface area contributed by atoms with Crippen LogP contribution in [0, 0.1) is 0 Å². The molecule has 2 aliphatic rings. The van der Waals surface area contributed by atoms with E-state index in [-0.39, 0.29) is 5.60 Å². The van der Waals surface area contributed by atoms with Crippen LogP contribution in [0.1, 0.15) is 31.0 Å². The summed E-state index contributed by atoms with van der Waals surface area (Å²) in [5.41, 5.74) is 6.87. The van der Waals surface area contributed by atoms with Gasteiger partial charge in [0.1, 0.15) is 4.99 Å². The van der Waals surface area contributed by atoms with Crippen LogP contribution < -0.4 is 5.73 Å². The van der Waals surface area contributed by atoms with Gasteiger partial charge in [0.2, 0.25) is 0 Å². The lowest BCUT2D eigenvalue weighted by molar-refractivity contribution is -0.0761. The summed E-state index contributed by atoms with van der Waals surface area (Å²) in [5, 5.41) is 0. The predicted molar refractivity (Wildman–Crippen MR) is 79.2 cm³/mol. The number of thiocarbonyl (C=S) groups is 1. The maximum Gasteiger partial charge on any atom is 0.120 e. The number of aromatic nitrogens is 1. The maximum atomic E-state index is 6.06. The largest absolute Gasteiger partial charge is 0.388 e. The third-order valence-corrected chi connectivity index (χ3v) is 5.39. The molecule has 0 aromatic carbocycles. The Kier molecular flexibility index (Phi) is 3.38. The van der Waals surface area contributed by atoms with Gasteiger partial charge in [-0.25, -0.2) is 0 Å². The number of nitrogens with zero attached hydrogens (tertiary/aromatic N) is 1. The molecular weight excluding hydrogens is 264 g/mol. The Hall–Kier alpha value is -0.520. The van der Waals surface area contributed by atoms with Gasteiger partial charge in [-0.1, -0.05) is 12.2 Å². The highest BCUT2D eigenvalue weighted by Gasteiger charge is 2.41. The van der Waals surface area contributed by atoms with Crippen molar-refractivity contribution in [3.8, 4) is 0 Å². The molecule has 98 valence electrons. The van der Waals surface area contributed by atoms with E-state index in [9.17, 15) is 0 Å². The van der Waals surface area contributed by atoms with Gasteiger partial charge in [-0.05, 0) is 37.1 Å². The minimum Gasteiger partial charge on any atom is -0.388 e. The minimum absolute atomic E-state index is 0.103. The van der Waals surface area contributed by atoms with E-state index in [1.165, 1.54) is 12.2 Å². The maximum absolute atomic E-state index is 6.06. The summed E-state index contributed by atoms with van der Waals surface area (Å²) >= 11 is 7.12. The molecule has 5 heteroatoms. The molecule has 2 N–H and O–H groups in total. The monoisotopic (exact) mass is 282 g/mol. The number of thioether (sulfide) groups is 1. The van der Waals surface area contributed by atoms with Crippen LogP contribution in [0.5, 0.6) is 0 Å². The average molecular weight is 282 g/mol. The van der Waals surface area contributed by atoms with Crippen molar-refractivity contribution in [2.45, 2.75) is 30.9 Å². The van der Waals surface area contributed by atoms with Crippen LogP contribution in [0.4, 0.5) is 0 Å². The van der Waals surface area contributed by atoms with Gasteiger partial charge in [0.25, 0.3) is 0 Å². The van der Waals surface area contributed by atoms with Gasteiger partial charge in [-0.3, -0.25) is 0 Å². The molecule has 3 nitrogen and oxygen atoms in total. The van der Waals surface area contributed by atoms with Gasteiger partial charge >= 0.3 is 0 Å². The van der Waals surface area contributed by atoms with Gasteiger partial charge in [0.15, 0.2) is 0 Å². The Labute approximate surface area is 117 Å². The van der Waals surface area contributed by atoms with E-state index in [0.717, 1.165) is 30.9 Å². The molecule has 2 unspecified atom stereocenters. The Bertz CT molecular complexity index is 452. The zero-order valence-electron chi connectivity index (χ0n) is 10.3. The number of ether oxygens (including phenoxy) is 1. The molecule has 0 amide bonds. The summed E-state index contributed by atoms with van der Waals surface area (Å²) in [5.74, 6) is 2.35. The second-order valence-corrected chi connectivity index (χ2v) is 6.69. The van der Waals surface area contributed by atoms with Crippen LogP contribution in [-0.4, -0.2) is 33.3 Å². The topological polar surface area (TPSA) is 40.2 Å². The Morgan fingerprint density at radius 1 is 1.61 bits per heavy atom. The molecule has 2 fully saturated rings. The van der Waals surface area contributed by atoms with E-state index >= 15 is 0 Å². The molecule has 3 heterocycles. The second-order valence-electron chi connectivity index (χ2n) is 5.15. The van der Waals surface area contributed by atoms with Crippen molar-refractivity contribution in [1.82, 2.24) is 4.57 Å². The second kappa shape index (κ2) is 4.87. The fourth-order valence-corrected chi connectivity index (χ4v) is 4.58. The molecule has 0 saturated carbocycles. The number of nitrogens with two attached hydrogens (primary N) is 1. The van der Waals surface area contributed by atoms with Crippen LogP contribution >= 0.6 is 24.0 Å². The van der Waals surface area contributed by atoms with Crippen molar-refractivity contribution in [2.75, 3.05) is 18.1 Å². The van der Waals surface area contributed by atoms with Crippen molar-refractivity contribution in [3.05, 3.63) is 24.0 Å². The van der Waals surface area contributed by atoms with Crippen molar-refractivity contribution < 1.29 is 4.74 Å². The molecule has 1 aromatic rings. The molecule has 0 aliphatic carbocycles. The molecular formula is C13H18N2OS2. The molecule has 0 bridgehead atoms. The van der Waals surface area contributed by atoms with Crippen molar-refractivity contribution in [2.24, 2.45) is 5.73 Å². The highest BCUT2D eigenvalue weighted by atomic mass is 32.2. The molecule has 2 atom stereocenters. The summed E-state index contributed by atoms with van der Waals surface area (Å²) in [6.45, 7) is 0.847. The molecule has 2 saturated heterocycles. The van der Waals surface area contributed by atoms with E-state index in [2.05, 4.69) is 10.8 Å². The molecule has 2 aliphatic heterocycles. The minimum atomic E-state index is 0.103. The van der Waals surface area contributed by atoms with Crippen molar-refractivity contribution in [3.63, 3.8) is 0 Å². The number of hydrogen-bond acceptors (Lipinski definition) is 3. The fourth-order valence-electron chi connectivity index (χ4n) is 3.02. The van der Waals surface area contributed by atoms with Gasteiger partial charge in [0, 0.05) is 24.6 Å². The SMILES string of the molecule is NC(=S)c1cccn1C1CCOC2(CCSC2)C1. The van der Waals surface area contributed by atoms with Crippen LogP contribution in [-0.2, 0) is 4.74 Å². The smallest absolute Gasteiger partial charge is 0.120 e. The van der Waals surface area contributed by atoms with Crippen molar-refractivity contribution >= 4 is 29.0 Å². The molecule has 3 rings (SSSR count). The van der Waals surface area contributed by atoms with Gasteiger partial charge in [-0.2, -0.15) is 11.8 Å². The fraction of sp³-hybridized carbons (Fsp3) is 0.615. The average Bonchev–Trinajstić information content (AvgIpc) is 2.98. The first-order valence-electron chi connectivity index (χ1n) is 6.39. The first-order chi connectivity index (χ1) is 8.70. The first-order valence-corrected chi connectivity index (χ1v) is 7.95. The summed E-state index contributed by atoms with van der Waals surface area (Å²) in [4.78, 5) is 0.487. The lowest BCUT2D eigenvalue weighted by atomic mass is 9.89. The Morgan fingerprint density at radius 3 is 3.22 bits per heavy atom. The van der Waals surface area contributed by atoms with Crippen LogP contribution in [0.25, 0.3) is 0 Å². The molecule has 1 aromatic heterocycles. The van der Waals surface area contributed by atoms with E-state index in [1.807, 2.05) is 23.9 Å². The van der Waals surface area contributed by atoms with E-state index in [4.69, 9.17) is 22.7 Å². The quantitative estimate of drug-likeness (QED) is 0.845. The Balaban J connectivity index is 1.83. The normalized spacial score (nSPS) is 31.9. The number of hydrogen-bond donors (Lipinski definition) is 1. The highest BCUT2D eigenvalue weighted by Crippen LogP contribution is 2.42. The van der Waals surface area contributed by atoms with Gasteiger partial charge < -0.3 is 15.0 Å². The molecule has 1 spiro atoms. The lowest BCUT2D eigenvalue weighted by Crippen LogP contribution is -2.41. The highest BCUT2D eigenvalue weighted by molar-refractivity contribution is 7.99. The van der Waals surface area contributed by atoms with Gasteiger partial charge in [0.05, 0.1) is 11.3 Å². The Morgan fingerprint density at radius 2 is 2.50 bits per heavy atom. The summed E-state index contributed by atoms with van der Waals surface area (Å²) in [6, 6.07) is 4.51. The van der Waals surface area contributed by atoms with Crippen molar-refractivity contribution in [1.29, 1.82) is 0 Å². The van der Waals surface area contributed by atoms with Crippen LogP contribution in [0.15, 0.2) is 18.3 Å². The lowest BCUT2D eigenvalue weighted by Gasteiger charge is -2.38. The molecule has 18 heavy (non-hydrogen) atoms. The predicted octanol–water partition coefficient (Wildman–Crippen LogP) is 2.35. The van der Waals surface area contributed by atoms with E-state index in [0.29, 0.717) is 11.0 Å². The van der Waals surface area contributed by atoms with E-state index in [1.54, 1.807) is 0 Å². The summed E-state index contributed by atoms with van der Waals surface area (Å²) < 4.78 is 8.30. The van der Waals surface area contributed by atoms with Gasteiger partial charge in [-0.15, -0.1) is 0 Å². The third-order valence-electron chi connectivity index (χ3n) is 3.96. The standard InChI is InChI=1S/C13H18N2OS2/c14-12(17)11-2-1-5-15(11)10-3-6-16-13(8-10)4-7-18-9-13/h1-2,5,10H,3-4,6-9H2,(H2,14,17). The van der Waals surface area contributed by atoms with Crippen LogP contribution in [0.3, 0.4) is 0 Å². The number of rotatable bonds is 2. The summed E-state index contributed by atoms with van der Waals surface area (Å²) in [7, 11) is 0. The summed E-state index contributed by atoms with van der Waals surface area (Å²) in [6.07, 6.45) is 5.42. The first kappa shape index (κ1) is 12.5. The zero-order valence-corrected chi connectivity index (χ0v) is 11.9. The van der Waals surface area contributed by atoms with E-state index < -0.39 is 0 Å². The van der Waals surface area contributed by atoms with Crippen LogP contribution in [0.2, 0.25) is 0 Å².